The van der Waals surface area contributed by atoms with Crippen LogP contribution in [0.5, 0.6) is 0 Å². The summed E-state index contributed by atoms with van der Waals surface area (Å²) in [4.78, 5) is 5.10. The number of halogens is 1. The van der Waals surface area contributed by atoms with Crippen molar-refractivity contribution >= 4 is 22.6 Å². The third-order valence-corrected chi connectivity index (χ3v) is 5.60. The Morgan fingerprint density at radius 2 is 1.85 bits per heavy atom. The minimum absolute atomic E-state index is 0.466. The van der Waals surface area contributed by atoms with E-state index in [2.05, 4.69) is 76.7 Å². The van der Waals surface area contributed by atoms with Crippen LogP contribution in [0.1, 0.15) is 31.7 Å². The summed E-state index contributed by atoms with van der Waals surface area (Å²) in [6.07, 6.45) is 3.87. The molecule has 1 aromatic rings. The van der Waals surface area contributed by atoms with Crippen LogP contribution >= 0.6 is 22.6 Å². The molecule has 0 saturated carbocycles. The standard InChI is InChI=1S/C17H27IN2/c1-3-11-20(14-16-7-5-4-6-8-16)15-17(18)9-12-19(2)13-10-17/h4-8H,3,9-15H2,1-2H3. The number of benzene rings is 1. The minimum atomic E-state index is 0.466. The second kappa shape index (κ2) is 7.76. The van der Waals surface area contributed by atoms with E-state index in [1.165, 1.54) is 51.0 Å². The first-order valence-electron chi connectivity index (χ1n) is 7.75. The van der Waals surface area contributed by atoms with Crippen LogP contribution in [-0.2, 0) is 6.54 Å². The van der Waals surface area contributed by atoms with Gasteiger partial charge in [-0.1, -0.05) is 59.8 Å². The summed E-state index contributed by atoms with van der Waals surface area (Å²) in [5.74, 6) is 0. The quantitative estimate of drug-likeness (QED) is 0.542. The number of alkyl halides is 1. The number of nitrogens with zero attached hydrogens (tertiary/aromatic N) is 2. The van der Waals surface area contributed by atoms with E-state index in [9.17, 15) is 0 Å². The molecule has 0 amide bonds. The first-order valence-corrected chi connectivity index (χ1v) is 8.83. The molecule has 0 aliphatic carbocycles. The molecule has 0 bridgehead atoms. The van der Waals surface area contributed by atoms with Gasteiger partial charge in [-0.15, -0.1) is 0 Å². The fourth-order valence-corrected chi connectivity index (χ4v) is 3.91. The lowest BCUT2D eigenvalue weighted by Crippen LogP contribution is -2.46. The molecule has 1 fully saturated rings. The molecule has 0 atom stereocenters. The number of likely N-dealkylation sites (tertiary alicyclic amines) is 1. The summed E-state index contributed by atoms with van der Waals surface area (Å²) in [5, 5.41) is 0. The molecule has 0 radical (unpaired) electrons. The first kappa shape index (κ1) is 16.2. The van der Waals surface area contributed by atoms with Gasteiger partial charge in [-0.2, -0.15) is 0 Å². The average molecular weight is 386 g/mol. The summed E-state index contributed by atoms with van der Waals surface area (Å²) in [5.41, 5.74) is 1.44. The van der Waals surface area contributed by atoms with Crippen molar-refractivity contribution in [3.05, 3.63) is 35.9 Å². The third-order valence-electron chi connectivity index (χ3n) is 4.18. The van der Waals surface area contributed by atoms with Crippen molar-refractivity contribution in [1.82, 2.24) is 9.80 Å². The zero-order chi connectivity index (χ0) is 14.4. The molecule has 1 heterocycles. The molecule has 112 valence electrons. The fourth-order valence-electron chi connectivity index (χ4n) is 2.95. The summed E-state index contributed by atoms with van der Waals surface area (Å²) in [7, 11) is 2.24. The predicted molar refractivity (Wildman–Crippen MR) is 95.5 cm³/mol. The summed E-state index contributed by atoms with van der Waals surface area (Å²) < 4.78 is 0.466. The maximum atomic E-state index is 2.73. The Bertz CT molecular complexity index is 385. The Hall–Kier alpha value is -0.130. The van der Waals surface area contributed by atoms with Crippen molar-refractivity contribution in [2.24, 2.45) is 0 Å². The molecule has 0 N–H and O–H groups in total. The molecule has 0 aromatic heterocycles. The molecular formula is C17H27IN2. The van der Waals surface area contributed by atoms with Crippen molar-refractivity contribution in [3.8, 4) is 0 Å². The second-order valence-corrected chi connectivity index (χ2v) is 8.44. The van der Waals surface area contributed by atoms with Gasteiger partial charge in [0.05, 0.1) is 0 Å². The molecule has 1 aliphatic rings. The highest BCUT2D eigenvalue weighted by Gasteiger charge is 2.32. The smallest absolute Gasteiger partial charge is 0.0373 e. The molecule has 2 nitrogen and oxygen atoms in total. The molecule has 1 saturated heterocycles. The van der Waals surface area contributed by atoms with Crippen LogP contribution in [0, 0.1) is 0 Å². The second-order valence-electron chi connectivity index (χ2n) is 6.15. The van der Waals surface area contributed by atoms with Gasteiger partial charge in [0.1, 0.15) is 0 Å². The van der Waals surface area contributed by atoms with Crippen LogP contribution in [0.25, 0.3) is 0 Å². The SMILES string of the molecule is CCCN(Cc1ccccc1)CC1(I)CCN(C)CC1. The highest BCUT2D eigenvalue weighted by atomic mass is 127. The van der Waals surface area contributed by atoms with Gasteiger partial charge in [0.2, 0.25) is 0 Å². The van der Waals surface area contributed by atoms with Crippen LogP contribution in [0.15, 0.2) is 30.3 Å². The Balaban J connectivity index is 1.95. The molecule has 3 heteroatoms. The zero-order valence-electron chi connectivity index (χ0n) is 12.8. The molecule has 20 heavy (non-hydrogen) atoms. The highest BCUT2D eigenvalue weighted by molar-refractivity contribution is 14.1. The summed E-state index contributed by atoms with van der Waals surface area (Å²) >= 11 is 2.73. The van der Waals surface area contributed by atoms with Gasteiger partial charge in [-0.25, -0.2) is 0 Å². The van der Waals surface area contributed by atoms with E-state index < -0.39 is 0 Å². The Morgan fingerprint density at radius 3 is 2.45 bits per heavy atom. The van der Waals surface area contributed by atoms with E-state index in [1.54, 1.807) is 0 Å². The normalized spacial score (nSPS) is 19.4. The fraction of sp³-hybridized carbons (Fsp3) is 0.647. The zero-order valence-corrected chi connectivity index (χ0v) is 15.0. The van der Waals surface area contributed by atoms with Gasteiger partial charge < -0.3 is 4.90 Å². The van der Waals surface area contributed by atoms with Gasteiger partial charge in [-0.05, 0) is 51.5 Å². The highest BCUT2D eigenvalue weighted by Crippen LogP contribution is 2.32. The van der Waals surface area contributed by atoms with Gasteiger partial charge in [0, 0.05) is 16.5 Å². The lowest BCUT2D eigenvalue weighted by Gasteiger charge is -2.39. The maximum absolute atomic E-state index is 2.73. The Morgan fingerprint density at radius 1 is 1.20 bits per heavy atom. The Labute approximate surface area is 137 Å². The van der Waals surface area contributed by atoms with Gasteiger partial charge in [0.25, 0.3) is 0 Å². The van der Waals surface area contributed by atoms with Crippen LogP contribution in [0.3, 0.4) is 0 Å². The monoisotopic (exact) mass is 386 g/mol. The molecule has 0 unspecified atom stereocenters. The maximum Gasteiger partial charge on any atom is 0.0373 e. The Kier molecular flexibility index (Phi) is 6.30. The van der Waals surface area contributed by atoms with Crippen LogP contribution in [0.2, 0.25) is 0 Å². The predicted octanol–water partition coefficient (Wildman–Crippen LogP) is 3.80. The van der Waals surface area contributed by atoms with E-state index in [0.717, 1.165) is 6.54 Å². The molecule has 2 rings (SSSR count). The minimum Gasteiger partial charge on any atom is -0.306 e. The topological polar surface area (TPSA) is 6.48 Å². The van der Waals surface area contributed by atoms with Gasteiger partial charge in [-0.3, -0.25) is 4.90 Å². The van der Waals surface area contributed by atoms with Crippen molar-refractivity contribution < 1.29 is 0 Å². The molecular weight excluding hydrogens is 359 g/mol. The van der Waals surface area contributed by atoms with E-state index in [-0.39, 0.29) is 0 Å². The van der Waals surface area contributed by atoms with E-state index in [1.807, 2.05) is 0 Å². The first-order chi connectivity index (χ1) is 9.61. The number of hydrogen-bond acceptors (Lipinski definition) is 2. The molecule has 1 aliphatic heterocycles. The van der Waals surface area contributed by atoms with Crippen molar-refractivity contribution in [2.75, 3.05) is 33.2 Å². The van der Waals surface area contributed by atoms with Crippen LogP contribution < -0.4 is 0 Å². The van der Waals surface area contributed by atoms with Crippen molar-refractivity contribution in [1.29, 1.82) is 0 Å². The largest absolute Gasteiger partial charge is 0.306 e. The van der Waals surface area contributed by atoms with Crippen molar-refractivity contribution in [2.45, 2.75) is 36.2 Å². The lowest BCUT2D eigenvalue weighted by molar-refractivity contribution is 0.183. The number of rotatable bonds is 6. The van der Waals surface area contributed by atoms with E-state index in [4.69, 9.17) is 0 Å². The van der Waals surface area contributed by atoms with Gasteiger partial charge in [0.15, 0.2) is 0 Å². The van der Waals surface area contributed by atoms with Crippen molar-refractivity contribution in [3.63, 3.8) is 0 Å². The lowest BCUT2D eigenvalue weighted by atomic mass is 9.96. The molecule has 0 spiro atoms. The third kappa shape index (κ3) is 5.01. The molecule has 1 aromatic carbocycles. The summed E-state index contributed by atoms with van der Waals surface area (Å²) in [6, 6.07) is 10.9. The average Bonchev–Trinajstić information content (AvgIpc) is 2.44. The van der Waals surface area contributed by atoms with E-state index in [0.29, 0.717) is 3.42 Å². The summed E-state index contributed by atoms with van der Waals surface area (Å²) in [6.45, 7) is 8.30. The van der Waals surface area contributed by atoms with Crippen LogP contribution in [-0.4, -0.2) is 46.4 Å². The van der Waals surface area contributed by atoms with Gasteiger partial charge >= 0.3 is 0 Å². The number of hydrogen-bond donors (Lipinski definition) is 0. The van der Waals surface area contributed by atoms with Crippen LogP contribution in [0.4, 0.5) is 0 Å². The number of piperidine rings is 1. The van der Waals surface area contributed by atoms with E-state index >= 15 is 0 Å².